The number of nitrogens with one attached hydrogen (secondary N) is 2. The van der Waals surface area contributed by atoms with Crippen LogP contribution in [0.4, 0.5) is 10.5 Å². The van der Waals surface area contributed by atoms with Crippen molar-refractivity contribution in [1.29, 1.82) is 0 Å². The molecular weight excluding hydrogens is 226 g/mol. The van der Waals surface area contributed by atoms with Crippen LogP contribution < -0.4 is 10.6 Å². The third-order valence-electron chi connectivity index (χ3n) is 2.21. The molecule has 4 heteroatoms. The van der Waals surface area contributed by atoms with E-state index in [1.807, 2.05) is 36.4 Å². The van der Waals surface area contributed by atoms with Crippen molar-refractivity contribution >= 4 is 17.8 Å². The molecule has 1 aromatic carbocycles. The van der Waals surface area contributed by atoms with Crippen molar-refractivity contribution in [3.63, 3.8) is 0 Å². The molecule has 0 saturated heterocycles. The maximum atomic E-state index is 11.5. The summed E-state index contributed by atoms with van der Waals surface area (Å²) in [4.78, 5) is 15.4. The highest BCUT2D eigenvalue weighted by molar-refractivity contribution is 5.90. The highest BCUT2D eigenvalue weighted by atomic mass is 16.2. The Bertz CT molecular complexity index is 523. The predicted molar refractivity (Wildman–Crippen MR) is 71.9 cm³/mol. The van der Waals surface area contributed by atoms with E-state index in [9.17, 15) is 4.79 Å². The zero-order valence-corrected chi connectivity index (χ0v) is 9.71. The number of hydrogen-bond donors (Lipinski definition) is 2. The Kier molecular flexibility index (Phi) is 4.08. The first-order chi connectivity index (χ1) is 8.84. The third-order valence-corrected chi connectivity index (χ3v) is 2.21. The Morgan fingerprint density at radius 3 is 2.67 bits per heavy atom. The van der Waals surface area contributed by atoms with Gasteiger partial charge in [-0.1, -0.05) is 30.3 Å². The summed E-state index contributed by atoms with van der Waals surface area (Å²) < 4.78 is 0. The van der Waals surface area contributed by atoms with Crippen LogP contribution in [0.1, 0.15) is 5.56 Å². The van der Waals surface area contributed by atoms with Gasteiger partial charge in [-0.15, -0.1) is 0 Å². The molecule has 0 saturated carbocycles. The van der Waals surface area contributed by atoms with Gasteiger partial charge in [0.1, 0.15) is 0 Å². The first kappa shape index (κ1) is 11.9. The molecular formula is C14H13N3O. The van der Waals surface area contributed by atoms with Crippen molar-refractivity contribution in [3.05, 3.63) is 66.6 Å². The van der Waals surface area contributed by atoms with Gasteiger partial charge >= 0.3 is 6.03 Å². The number of urea groups is 1. The minimum atomic E-state index is -0.296. The van der Waals surface area contributed by atoms with Crippen LogP contribution in [-0.4, -0.2) is 11.0 Å². The lowest BCUT2D eigenvalue weighted by atomic mass is 10.2. The quantitative estimate of drug-likeness (QED) is 0.865. The molecule has 0 aliphatic heterocycles. The predicted octanol–water partition coefficient (Wildman–Crippen LogP) is 2.87. The Hall–Kier alpha value is -2.62. The lowest BCUT2D eigenvalue weighted by Crippen LogP contribution is -2.23. The fraction of sp³-hybridized carbons (Fsp3) is 0. The molecule has 0 aliphatic carbocycles. The lowest BCUT2D eigenvalue weighted by Gasteiger charge is -2.03. The largest absolute Gasteiger partial charge is 0.323 e. The van der Waals surface area contributed by atoms with Gasteiger partial charge in [0.25, 0.3) is 0 Å². The molecule has 0 atom stereocenters. The second kappa shape index (κ2) is 6.20. The van der Waals surface area contributed by atoms with Gasteiger partial charge < -0.3 is 10.6 Å². The monoisotopic (exact) mass is 239 g/mol. The van der Waals surface area contributed by atoms with Crippen LogP contribution >= 0.6 is 0 Å². The second-order valence-electron chi connectivity index (χ2n) is 3.58. The number of carbonyl (C=O) groups is 1. The SMILES string of the molecule is O=C(N/C=C/c1ccccc1)Nc1cccnc1. The molecule has 0 unspecified atom stereocenters. The highest BCUT2D eigenvalue weighted by Gasteiger charge is 1.97. The molecule has 1 aromatic heterocycles. The molecule has 0 radical (unpaired) electrons. The Balaban J connectivity index is 1.84. The fourth-order valence-corrected chi connectivity index (χ4v) is 1.38. The molecule has 4 nitrogen and oxygen atoms in total. The van der Waals surface area contributed by atoms with Crippen molar-refractivity contribution in [2.75, 3.05) is 5.32 Å². The molecule has 0 spiro atoms. The topological polar surface area (TPSA) is 54.0 Å². The standard InChI is InChI=1S/C14H13N3O/c18-14(17-13-7-4-9-15-11-13)16-10-8-12-5-2-1-3-6-12/h1-11H,(H2,16,17,18)/b10-8+. The van der Waals surface area contributed by atoms with E-state index in [1.165, 1.54) is 0 Å². The molecule has 2 N–H and O–H groups in total. The van der Waals surface area contributed by atoms with Crippen molar-refractivity contribution < 1.29 is 4.79 Å². The lowest BCUT2D eigenvalue weighted by molar-refractivity contribution is 0.255. The smallest absolute Gasteiger partial charge is 0.314 e. The summed E-state index contributed by atoms with van der Waals surface area (Å²) in [7, 11) is 0. The summed E-state index contributed by atoms with van der Waals surface area (Å²) in [6.07, 6.45) is 6.66. The Labute approximate surface area is 105 Å². The maximum absolute atomic E-state index is 11.5. The van der Waals surface area contributed by atoms with Crippen LogP contribution in [0.5, 0.6) is 0 Å². The van der Waals surface area contributed by atoms with E-state index < -0.39 is 0 Å². The van der Waals surface area contributed by atoms with Gasteiger partial charge in [-0.25, -0.2) is 4.79 Å². The molecule has 0 fully saturated rings. The number of carbonyl (C=O) groups excluding carboxylic acids is 1. The van der Waals surface area contributed by atoms with E-state index in [4.69, 9.17) is 0 Å². The van der Waals surface area contributed by atoms with E-state index in [0.717, 1.165) is 5.56 Å². The van der Waals surface area contributed by atoms with E-state index >= 15 is 0 Å². The second-order valence-corrected chi connectivity index (χ2v) is 3.58. The minimum absolute atomic E-state index is 0.296. The van der Waals surface area contributed by atoms with Gasteiger partial charge in [-0.05, 0) is 23.8 Å². The van der Waals surface area contributed by atoms with Crippen molar-refractivity contribution in [2.45, 2.75) is 0 Å². The van der Waals surface area contributed by atoms with Gasteiger partial charge in [-0.2, -0.15) is 0 Å². The third kappa shape index (κ3) is 3.75. The van der Waals surface area contributed by atoms with Crippen LogP contribution in [-0.2, 0) is 0 Å². The molecule has 2 rings (SSSR count). The van der Waals surface area contributed by atoms with Crippen LogP contribution in [0, 0.1) is 0 Å². The minimum Gasteiger partial charge on any atom is -0.314 e. The number of rotatable bonds is 3. The van der Waals surface area contributed by atoms with Gasteiger partial charge in [0.15, 0.2) is 0 Å². The normalized spacial score (nSPS) is 10.2. The van der Waals surface area contributed by atoms with Gasteiger partial charge in [0.05, 0.1) is 11.9 Å². The van der Waals surface area contributed by atoms with Crippen molar-refractivity contribution in [3.8, 4) is 0 Å². The molecule has 2 amide bonds. The number of pyridine rings is 1. The van der Waals surface area contributed by atoms with E-state index in [2.05, 4.69) is 15.6 Å². The number of anilines is 1. The molecule has 0 aliphatic rings. The van der Waals surface area contributed by atoms with Gasteiger partial charge in [-0.3, -0.25) is 4.98 Å². The summed E-state index contributed by atoms with van der Waals surface area (Å²) in [6, 6.07) is 13.0. The number of aromatic nitrogens is 1. The first-order valence-electron chi connectivity index (χ1n) is 5.54. The summed E-state index contributed by atoms with van der Waals surface area (Å²) in [5.74, 6) is 0. The van der Waals surface area contributed by atoms with E-state index in [0.29, 0.717) is 5.69 Å². The zero-order chi connectivity index (χ0) is 12.6. The summed E-state index contributed by atoms with van der Waals surface area (Å²) in [5.41, 5.74) is 1.68. The summed E-state index contributed by atoms with van der Waals surface area (Å²) in [5, 5.41) is 5.29. The Morgan fingerprint density at radius 2 is 1.94 bits per heavy atom. The zero-order valence-electron chi connectivity index (χ0n) is 9.71. The first-order valence-corrected chi connectivity index (χ1v) is 5.54. The van der Waals surface area contributed by atoms with Crippen LogP contribution in [0.3, 0.4) is 0 Å². The number of hydrogen-bond acceptors (Lipinski definition) is 2. The molecule has 90 valence electrons. The molecule has 0 bridgehead atoms. The average molecular weight is 239 g/mol. The Morgan fingerprint density at radius 1 is 1.11 bits per heavy atom. The highest BCUT2D eigenvalue weighted by Crippen LogP contribution is 2.02. The van der Waals surface area contributed by atoms with E-state index in [1.54, 1.807) is 30.7 Å². The summed E-state index contributed by atoms with van der Waals surface area (Å²) >= 11 is 0. The van der Waals surface area contributed by atoms with Gasteiger partial charge in [0, 0.05) is 12.4 Å². The van der Waals surface area contributed by atoms with Gasteiger partial charge in [0.2, 0.25) is 0 Å². The van der Waals surface area contributed by atoms with Crippen LogP contribution in [0.15, 0.2) is 61.1 Å². The van der Waals surface area contributed by atoms with E-state index in [-0.39, 0.29) is 6.03 Å². The average Bonchev–Trinajstić information content (AvgIpc) is 2.41. The number of nitrogens with zero attached hydrogens (tertiary/aromatic N) is 1. The number of benzene rings is 1. The maximum Gasteiger partial charge on any atom is 0.323 e. The molecule has 1 heterocycles. The van der Waals surface area contributed by atoms with Crippen LogP contribution in [0.25, 0.3) is 6.08 Å². The van der Waals surface area contributed by atoms with Crippen LogP contribution in [0.2, 0.25) is 0 Å². The molecule has 18 heavy (non-hydrogen) atoms. The van der Waals surface area contributed by atoms with Crippen molar-refractivity contribution in [2.24, 2.45) is 0 Å². The summed E-state index contributed by atoms with van der Waals surface area (Å²) in [6.45, 7) is 0. The molecule has 2 aromatic rings. The number of amides is 2. The fourth-order valence-electron chi connectivity index (χ4n) is 1.38. The van der Waals surface area contributed by atoms with Crippen molar-refractivity contribution in [1.82, 2.24) is 10.3 Å².